The van der Waals surface area contributed by atoms with Crippen molar-refractivity contribution in [1.29, 1.82) is 0 Å². The van der Waals surface area contributed by atoms with Crippen molar-refractivity contribution in [3.05, 3.63) is 52.9 Å². The molecule has 0 spiro atoms. The number of hydrogen-bond donors (Lipinski definition) is 2. The van der Waals surface area contributed by atoms with Gasteiger partial charge < -0.3 is 15.2 Å². The maximum atomic E-state index is 5.23. The van der Waals surface area contributed by atoms with E-state index >= 15 is 0 Å². The van der Waals surface area contributed by atoms with Crippen LogP contribution in [0.5, 0.6) is 0 Å². The fraction of sp³-hybridized carbons (Fsp3) is 0.545. The molecule has 0 aliphatic heterocycles. The molecule has 2 N–H and O–H groups in total. The molecule has 0 aliphatic rings. The summed E-state index contributed by atoms with van der Waals surface area (Å²) in [6, 6.07) is 11.1. The van der Waals surface area contributed by atoms with Gasteiger partial charge in [-0.15, -0.1) is 0 Å². The van der Waals surface area contributed by atoms with Gasteiger partial charge in [0.1, 0.15) is 5.76 Å². The highest BCUT2D eigenvalue weighted by molar-refractivity contribution is 5.79. The zero-order chi connectivity index (χ0) is 20.4. The molecule has 1 aromatic carbocycles. The van der Waals surface area contributed by atoms with Gasteiger partial charge in [0.05, 0.1) is 5.69 Å². The van der Waals surface area contributed by atoms with Crippen LogP contribution in [-0.2, 0) is 13.0 Å². The zero-order valence-electron chi connectivity index (χ0n) is 18.0. The molecule has 6 nitrogen and oxygen atoms in total. The van der Waals surface area contributed by atoms with Crippen LogP contribution in [0.2, 0.25) is 0 Å². The van der Waals surface area contributed by atoms with E-state index in [1.54, 1.807) is 0 Å². The summed E-state index contributed by atoms with van der Waals surface area (Å²) in [7, 11) is 2.18. The number of guanidine groups is 1. The van der Waals surface area contributed by atoms with Gasteiger partial charge >= 0.3 is 0 Å². The maximum absolute atomic E-state index is 5.23. The molecule has 0 radical (unpaired) electrons. The van der Waals surface area contributed by atoms with Crippen LogP contribution in [0.15, 0.2) is 39.8 Å². The minimum atomic E-state index is 0.467. The quantitative estimate of drug-likeness (QED) is 0.485. The van der Waals surface area contributed by atoms with E-state index in [0.29, 0.717) is 6.04 Å². The third-order valence-electron chi connectivity index (χ3n) is 5.04. The van der Waals surface area contributed by atoms with Crippen LogP contribution < -0.4 is 10.6 Å². The Hall–Kier alpha value is -2.34. The van der Waals surface area contributed by atoms with Crippen LogP contribution >= 0.6 is 0 Å². The van der Waals surface area contributed by atoms with Gasteiger partial charge in [-0.2, -0.15) is 0 Å². The number of aromatic nitrogens is 1. The molecular formula is C22H35N5O. The Morgan fingerprint density at radius 2 is 1.96 bits per heavy atom. The largest absolute Gasteiger partial charge is 0.361 e. The van der Waals surface area contributed by atoms with Gasteiger partial charge in [-0.3, -0.25) is 9.89 Å². The van der Waals surface area contributed by atoms with Crippen molar-refractivity contribution in [2.24, 2.45) is 4.99 Å². The highest BCUT2D eigenvalue weighted by Gasteiger charge is 2.10. The Morgan fingerprint density at radius 1 is 1.21 bits per heavy atom. The summed E-state index contributed by atoms with van der Waals surface area (Å²) < 4.78 is 5.23. The fourth-order valence-electron chi connectivity index (χ4n) is 3.12. The molecular weight excluding hydrogens is 350 g/mol. The molecule has 1 aromatic heterocycles. The highest BCUT2D eigenvalue weighted by Crippen LogP contribution is 2.12. The van der Waals surface area contributed by atoms with Gasteiger partial charge in [-0.1, -0.05) is 35.5 Å². The summed E-state index contributed by atoms with van der Waals surface area (Å²) >= 11 is 0. The first-order chi connectivity index (χ1) is 13.5. The summed E-state index contributed by atoms with van der Waals surface area (Å²) in [5.74, 6) is 1.77. The van der Waals surface area contributed by atoms with Crippen molar-refractivity contribution in [2.45, 2.75) is 53.1 Å². The number of hydrogen-bond acceptors (Lipinski definition) is 4. The number of benzene rings is 1. The third kappa shape index (κ3) is 7.00. The summed E-state index contributed by atoms with van der Waals surface area (Å²) in [6.45, 7) is 11.7. The van der Waals surface area contributed by atoms with Crippen molar-refractivity contribution in [3.63, 3.8) is 0 Å². The van der Waals surface area contributed by atoms with Crippen molar-refractivity contribution in [2.75, 3.05) is 26.7 Å². The normalized spacial score (nSPS) is 13.0. The van der Waals surface area contributed by atoms with E-state index in [-0.39, 0.29) is 0 Å². The molecule has 1 unspecified atom stereocenters. The Balaban J connectivity index is 1.77. The van der Waals surface area contributed by atoms with Crippen LogP contribution in [0, 0.1) is 13.8 Å². The number of aliphatic imine (C=N–C) groups is 1. The second-order valence-electron chi connectivity index (χ2n) is 7.28. The number of rotatable bonds is 10. The van der Waals surface area contributed by atoms with Crippen molar-refractivity contribution < 1.29 is 4.52 Å². The van der Waals surface area contributed by atoms with Crippen molar-refractivity contribution in [3.8, 4) is 0 Å². The minimum absolute atomic E-state index is 0.467. The van der Waals surface area contributed by atoms with E-state index in [0.717, 1.165) is 56.4 Å². The van der Waals surface area contributed by atoms with Gasteiger partial charge in [0.25, 0.3) is 0 Å². The Morgan fingerprint density at radius 3 is 2.61 bits per heavy atom. The molecule has 28 heavy (non-hydrogen) atoms. The van der Waals surface area contributed by atoms with Crippen LogP contribution in [-0.4, -0.2) is 48.7 Å². The lowest BCUT2D eigenvalue weighted by Gasteiger charge is -2.24. The first-order valence-corrected chi connectivity index (χ1v) is 10.2. The first-order valence-electron chi connectivity index (χ1n) is 10.2. The standard InChI is InChI=1S/C22H35N5O/c1-6-23-22(25-15-13-21-18(3)26-28-19(21)4)24-14-12-17(2)27(5)16-20-10-8-7-9-11-20/h7-11,17H,6,12-16H2,1-5H3,(H2,23,24,25). The highest BCUT2D eigenvalue weighted by atomic mass is 16.5. The van der Waals surface area contributed by atoms with Gasteiger partial charge in [-0.25, -0.2) is 0 Å². The second kappa shape index (κ2) is 11.5. The molecule has 2 aromatic rings. The van der Waals surface area contributed by atoms with Gasteiger partial charge in [-0.05, 0) is 53.1 Å². The molecule has 1 atom stereocenters. The molecule has 0 amide bonds. The predicted octanol–water partition coefficient (Wildman–Crippen LogP) is 3.30. The molecule has 0 bridgehead atoms. The van der Waals surface area contributed by atoms with Crippen molar-refractivity contribution in [1.82, 2.24) is 20.7 Å². The van der Waals surface area contributed by atoms with Gasteiger partial charge in [0, 0.05) is 37.8 Å². The summed E-state index contributed by atoms with van der Waals surface area (Å²) in [5.41, 5.74) is 3.49. The van der Waals surface area contributed by atoms with Gasteiger partial charge in [0.15, 0.2) is 5.96 Å². The Kier molecular flexibility index (Phi) is 9.01. The number of aryl methyl sites for hydroxylation is 2. The molecule has 0 fully saturated rings. The van der Waals surface area contributed by atoms with E-state index in [4.69, 9.17) is 9.52 Å². The van der Waals surface area contributed by atoms with E-state index in [1.807, 2.05) is 13.8 Å². The minimum Gasteiger partial charge on any atom is -0.361 e. The van der Waals surface area contributed by atoms with Crippen molar-refractivity contribution >= 4 is 5.96 Å². The topological polar surface area (TPSA) is 65.7 Å². The first kappa shape index (κ1) is 22.0. The predicted molar refractivity (Wildman–Crippen MR) is 116 cm³/mol. The van der Waals surface area contributed by atoms with Crippen LogP contribution in [0.4, 0.5) is 0 Å². The average molecular weight is 386 g/mol. The lowest BCUT2D eigenvalue weighted by molar-refractivity contribution is 0.240. The lowest BCUT2D eigenvalue weighted by Crippen LogP contribution is -2.38. The zero-order valence-corrected chi connectivity index (χ0v) is 18.0. The molecule has 1 heterocycles. The monoisotopic (exact) mass is 385 g/mol. The molecule has 0 saturated carbocycles. The summed E-state index contributed by atoms with van der Waals surface area (Å²) in [4.78, 5) is 7.11. The van der Waals surface area contributed by atoms with Crippen LogP contribution in [0.3, 0.4) is 0 Å². The Bertz CT molecular complexity index is 706. The average Bonchev–Trinajstić information content (AvgIpc) is 3.00. The summed E-state index contributed by atoms with van der Waals surface area (Å²) in [6.07, 6.45) is 1.89. The van der Waals surface area contributed by atoms with Crippen LogP contribution in [0.25, 0.3) is 0 Å². The van der Waals surface area contributed by atoms with Gasteiger partial charge in [0.2, 0.25) is 0 Å². The number of nitrogens with one attached hydrogen (secondary N) is 2. The second-order valence-corrected chi connectivity index (χ2v) is 7.28. The van der Waals surface area contributed by atoms with E-state index in [9.17, 15) is 0 Å². The summed E-state index contributed by atoms with van der Waals surface area (Å²) in [5, 5.41) is 10.7. The molecule has 2 rings (SSSR count). The van der Waals surface area contributed by atoms with E-state index in [1.165, 1.54) is 11.1 Å². The third-order valence-corrected chi connectivity index (χ3v) is 5.04. The molecule has 0 aliphatic carbocycles. The molecule has 154 valence electrons. The lowest BCUT2D eigenvalue weighted by atomic mass is 10.1. The number of nitrogens with zero attached hydrogens (tertiary/aromatic N) is 3. The Labute approximate surface area is 169 Å². The SMILES string of the molecule is CCNC(=NCCC(C)N(C)Cc1ccccc1)NCCc1c(C)noc1C. The molecule has 0 saturated heterocycles. The smallest absolute Gasteiger partial charge is 0.191 e. The molecule has 6 heteroatoms. The van der Waals surface area contributed by atoms with E-state index in [2.05, 4.69) is 71.9 Å². The van der Waals surface area contributed by atoms with Crippen LogP contribution in [0.1, 0.15) is 42.8 Å². The maximum Gasteiger partial charge on any atom is 0.191 e. The van der Waals surface area contributed by atoms with E-state index < -0.39 is 0 Å². The fourth-order valence-corrected chi connectivity index (χ4v) is 3.12.